The molecule has 0 saturated carbocycles. The van der Waals surface area contributed by atoms with Gasteiger partial charge in [0.25, 0.3) is 0 Å². The molecule has 186 valence electrons. The molecular formula is C38H23NO. The molecule has 0 radical (unpaired) electrons. The summed E-state index contributed by atoms with van der Waals surface area (Å²) in [7, 11) is 0. The van der Waals surface area contributed by atoms with Crippen LogP contribution in [0.3, 0.4) is 0 Å². The van der Waals surface area contributed by atoms with Crippen LogP contribution in [-0.2, 0) is 0 Å². The van der Waals surface area contributed by atoms with Crippen LogP contribution in [0.5, 0.6) is 0 Å². The number of aromatic nitrogens is 1. The van der Waals surface area contributed by atoms with Crippen LogP contribution in [0, 0.1) is 0 Å². The first kappa shape index (κ1) is 21.6. The summed E-state index contributed by atoms with van der Waals surface area (Å²) < 4.78 is 8.87. The highest BCUT2D eigenvalue weighted by Gasteiger charge is 2.20. The Bertz CT molecular complexity index is 2420. The van der Waals surface area contributed by atoms with Gasteiger partial charge in [0.2, 0.25) is 0 Å². The molecule has 0 amide bonds. The average Bonchev–Trinajstić information content (AvgIpc) is 3.58. The van der Waals surface area contributed by atoms with Crippen molar-refractivity contribution in [3.8, 4) is 16.8 Å². The third-order valence-corrected chi connectivity index (χ3v) is 8.37. The van der Waals surface area contributed by atoms with Crippen LogP contribution in [0.15, 0.2) is 144 Å². The van der Waals surface area contributed by atoms with E-state index < -0.39 is 0 Å². The number of furan rings is 1. The molecule has 0 fully saturated rings. The van der Waals surface area contributed by atoms with Gasteiger partial charge in [-0.05, 0) is 52.1 Å². The van der Waals surface area contributed by atoms with E-state index in [-0.39, 0.29) is 0 Å². The van der Waals surface area contributed by atoms with Crippen LogP contribution >= 0.6 is 0 Å². The molecule has 0 atom stereocenters. The highest BCUT2D eigenvalue weighted by molar-refractivity contribution is 6.32. The molecule has 0 aliphatic carbocycles. The fourth-order valence-corrected chi connectivity index (χ4v) is 6.67. The van der Waals surface area contributed by atoms with Gasteiger partial charge in [0.05, 0.1) is 11.0 Å². The second kappa shape index (κ2) is 8.08. The highest BCUT2D eigenvalue weighted by atomic mass is 16.3. The number of nitrogens with zero attached hydrogens (tertiary/aromatic N) is 1. The van der Waals surface area contributed by atoms with E-state index in [4.69, 9.17) is 4.42 Å². The monoisotopic (exact) mass is 509 g/mol. The Balaban J connectivity index is 1.47. The molecule has 2 heteroatoms. The van der Waals surface area contributed by atoms with Crippen molar-refractivity contribution in [1.29, 1.82) is 0 Å². The largest absolute Gasteiger partial charge is 0.455 e. The molecule has 9 aromatic rings. The van der Waals surface area contributed by atoms with Gasteiger partial charge >= 0.3 is 0 Å². The lowest BCUT2D eigenvalue weighted by molar-refractivity contribution is 0.670. The Morgan fingerprint density at radius 3 is 1.93 bits per heavy atom. The smallest absolute Gasteiger partial charge is 0.143 e. The van der Waals surface area contributed by atoms with E-state index >= 15 is 0 Å². The number of hydrogen-bond donors (Lipinski definition) is 0. The number of para-hydroxylation sites is 3. The molecule has 40 heavy (non-hydrogen) atoms. The molecule has 0 saturated heterocycles. The van der Waals surface area contributed by atoms with Crippen molar-refractivity contribution in [3.63, 3.8) is 0 Å². The number of hydrogen-bond acceptors (Lipinski definition) is 1. The Kier molecular flexibility index (Phi) is 4.36. The highest BCUT2D eigenvalue weighted by Crippen LogP contribution is 2.44. The Labute approximate surface area is 230 Å². The molecule has 9 rings (SSSR count). The standard InChI is InChI=1S/C38H23NO/c1-2-11-25(12-3-1)39-34-22-21-24(26-18-10-19-32-29-15-8-9-20-35(29)40-38(26)32)23-33(34)36-30-16-6-4-13-27(30)28-14-5-7-17-31(28)37(36)39/h1-23H. The van der Waals surface area contributed by atoms with E-state index in [1.165, 1.54) is 43.4 Å². The van der Waals surface area contributed by atoms with Crippen LogP contribution in [0.4, 0.5) is 0 Å². The summed E-state index contributed by atoms with van der Waals surface area (Å²) in [4.78, 5) is 0. The van der Waals surface area contributed by atoms with Crippen molar-refractivity contribution < 1.29 is 4.42 Å². The van der Waals surface area contributed by atoms with Gasteiger partial charge in [-0.15, -0.1) is 0 Å². The fourth-order valence-electron chi connectivity index (χ4n) is 6.67. The summed E-state index contributed by atoms with van der Waals surface area (Å²) in [5.41, 5.74) is 7.73. The summed E-state index contributed by atoms with van der Waals surface area (Å²) in [5, 5.41) is 9.92. The first-order valence-corrected chi connectivity index (χ1v) is 13.7. The SMILES string of the molecule is c1ccc(-n2c3ccc(-c4cccc5c4oc4ccccc45)cc3c3c4ccccc4c4ccccc4c32)cc1. The number of benzene rings is 7. The van der Waals surface area contributed by atoms with E-state index in [9.17, 15) is 0 Å². The minimum Gasteiger partial charge on any atom is -0.455 e. The van der Waals surface area contributed by atoms with Crippen molar-refractivity contribution in [2.24, 2.45) is 0 Å². The Hall–Kier alpha value is -5.34. The molecule has 2 nitrogen and oxygen atoms in total. The third kappa shape index (κ3) is 2.88. The molecule has 7 aromatic carbocycles. The van der Waals surface area contributed by atoms with E-state index in [1.807, 2.05) is 12.1 Å². The zero-order valence-corrected chi connectivity index (χ0v) is 21.6. The maximum absolute atomic E-state index is 6.43. The minimum atomic E-state index is 0.921. The molecule has 0 spiro atoms. The first-order valence-electron chi connectivity index (χ1n) is 13.7. The molecule has 0 aliphatic rings. The number of fused-ring (bicyclic) bond motifs is 11. The quantitative estimate of drug-likeness (QED) is 0.212. The normalized spacial score (nSPS) is 12.0. The summed E-state index contributed by atoms with van der Waals surface area (Å²) in [6, 6.07) is 50.0. The topological polar surface area (TPSA) is 18.1 Å². The van der Waals surface area contributed by atoms with E-state index in [0.29, 0.717) is 0 Å². The predicted octanol–water partition coefficient (Wildman–Crippen LogP) is 10.7. The zero-order chi connectivity index (χ0) is 26.2. The van der Waals surface area contributed by atoms with E-state index in [0.717, 1.165) is 38.8 Å². The van der Waals surface area contributed by atoms with Crippen LogP contribution in [-0.4, -0.2) is 4.57 Å². The van der Waals surface area contributed by atoms with Crippen LogP contribution in [0.2, 0.25) is 0 Å². The van der Waals surface area contributed by atoms with Gasteiger partial charge in [-0.25, -0.2) is 0 Å². The van der Waals surface area contributed by atoms with Gasteiger partial charge < -0.3 is 8.98 Å². The molecule has 0 N–H and O–H groups in total. The van der Waals surface area contributed by atoms with Crippen molar-refractivity contribution >= 4 is 65.3 Å². The first-order chi connectivity index (χ1) is 19.9. The van der Waals surface area contributed by atoms with Crippen molar-refractivity contribution in [3.05, 3.63) is 140 Å². The Morgan fingerprint density at radius 1 is 0.450 bits per heavy atom. The molecule has 2 aromatic heterocycles. The maximum Gasteiger partial charge on any atom is 0.143 e. The van der Waals surface area contributed by atoms with Gasteiger partial charge in [-0.3, -0.25) is 0 Å². The zero-order valence-electron chi connectivity index (χ0n) is 21.6. The summed E-state index contributed by atoms with van der Waals surface area (Å²) in [5.74, 6) is 0. The van der Waals surface area contributed by atoms with Gasteiger partial charge in [0.1, 0.15) is 11.2 Å². The lowest BCUT2D eigenvalue weighted by Gasteiger charge is -2.12. The second-order valence-corrected chi connectivity index (χ2v) is 10.5. The lowest BCUT2D eigenvalue weighted by Crippen LogP contribution is -1.94. The molecule has 0 aliphatic heterocycles. The summed E-state index contributed by atoms with van der Waals surface area (Å²) in [6.45, 7) is 0. The van der Waals surface area contributed by atoms with Crippen molar-refractivity contribution in [1.82, 2.24) is 4.57 Å². The predicted molar refractivity (Wildman–Crippen MR) is 169 cm³/mol. The minimum absolute atomic E-state index is 0.921. The summed E-state index contributed by atoms with van der Waals surface area (Å²) in [6.07, 6.45) is 0. The van der Waals surface area contributed by atoms with E-state index in [1.54, 1.807) is 0 Å². The van der Waals surface area contributed by atoms with E-state index in [2.05, 4.69) is 132 Å². The molecule has 0 bridgehead atoms. The van der Waals surface area contributed by atoms with Gasteiger partial charge in [0, 0.05) is 38.2 Å². The van der Waals surface area contributed by atoms with Gasteiger partial charge in [-0.2, -0.15) is 0 Å². The maximum atomic E-state index is 6.43. The Morgan fingerprint density at radius 2 is 1.10 bits per heavy atom. The number of rotatable bonds is 2. The average molecular weight is 510 g/mol. The van der Waals surface area contributed by atoms with Gasteiger partial charge in [-0.1, -0.05) is 109 Å². The van der Waals surface area contributed by atoms with Crippen LogP contribution < -0.4 is 0 Å². The van der Waals surface area contributed by atoms with Crippen molar-refractivity contribution in [2.75, 3.05) is 0 Å². The molecular weight excluding hydrogens is 486 g/mol. The third-order valence-electron chi connectivity index (χ3n) is 8.37. The van der Waals surface area contributed by atoms with Crippen LogP contribution in [0.1, 0.15) is 0 Å². The lowest BCUT2D eigenvalue weighted by atomic mass is 9.95. The van der Waals surface area contributed by atoms with Gasteiger partial charge in [0.15, 0.2) is 0 Å². The molecule has 0 unspecified atom stereocenters. The summed E-state index contributed by atoms with van der Waals surface area (Å²) >= 11 is 0. The van der Waals surface area contributed by atoms with Crippen molar-refractivity contribution in [2.45, 2.75) is 0 Å². The van der Waals surface area contributed by atoms with Crippen LogP contribution in [0.25, 0.3) is 82.1 Å². The fraction of sp³-hybridized carbons (Fsp3) is 0. The second-order valence-electron chi connectivity index (χ2n) is 10.5. The molecule has 2 heterocycles.